The first kappa shape index (κ1) is 10.5. The molecule has 0 aliphatic carbocycles. The number of hydrogen-bond acceptors (Lipinski definition) is 3. The Labute approximate surface area is 97.4 Å². The van der Waals surface area contributed by atoms with Gasteiger partial charge in [-0.25, -0.2) is 0 Å². The topological polar surface area (TPSA) is 25.8 Å². The van der Waals surface area contributed by atoms with Crippen molar-refractivity contribution in [1.82, 2.24) is 10.2 Å². The Balaban J connectivity index is 2.05. The number of thioether (sulfide) groups is 1. The Morgan fingerprint density at radius 3 is 2.93 bits per heavy atom. The molecule has 1 aliphatic rings. The summed E-state index contributed by atoms with van der Waals surface area (Å²) >= 11 is 13.5. The predicted octanol–water partition coefficient (Wildman–Crippen LogP) is 3.08. The van der Waals surface area contributed by atoms with Crippen molar-refractivity contribution in [1.29, 1.82) is 0 Å². The van der Waals surface area contributed by atoms with Crippen LogP contribution in [0.15, 0.2) is 6.07 Å². The van der Waals surface area contributed by atoms with Crippen LogP contribution >= 0.6 is 35.0 Å². The van der Waals surface area contributed by atoms with Crippen LogP contribution in [0.4, 0.5) is 0 Å². The van der Waals surface area contributed by atoms with Gasteiger partial charge in [-0.1, -0.05) is 23.2 Å². The van der Waals surface area contributed by atoms with Crippen LogP contribution < -0.4 is 0 Å². The van der Waals surface area contributed by atoms with Crippen molar-refractivity contribution in [2.45, 2.75) is 12.8 Å². The minimum absolute atomic E-state index is 0.288. The van der Waals surface area contributed by atoms with Gasteiger partial charge in [-0.2, -0.15) is 16.9 Å². The van der Waals surface area contributed by atoms with Gasteiger partial charge in [-0.15, -0.1) is 5.10 Å². The molecule has 76 valence electrons. The van der Waals surface area contributed by atoms with E-state index in [0.29, 0.717) is 5.02 Å². The molecule has 0 radical (unpaired) electrons. The van der Waals surface area contributed by atoms with E-state index in [4.69, 9.17) is 23.2 Å². The molecule has 0 saturated carbocycles. The Bertz CT molecular complexity index is 327. The van der Waals surface area contributed by atoms with Gasteiger partial charge in [0, 0.05) is 0 Å². The fourth-order valence-corrected chi connectivity index (χ4v) is 3.07. The molecule has 1 aliphatic heterocycles. The first-order valence-electron chi connectivity index (χ1n) is 4.51. The van der Waals surface area contributed by atoms with E-state index in [0.717, 1.165) is 18.0 Å². The summed E-state index contributed by atoms with van der Waals surface area (Å²) in [4.78, 5) is 0. The number of nitrogens with zero attached hydrogens (tertiary/aromatic N) is 2. The minimum atomic E-state index is 0.288. The van der Waals surface area contributed by atoms with Crippen LogP contribution in [-0.2, 0) is 6.42 Å². The molecule has 0 amide bonds. The SMILES string of the molecule is Clc1cc(CC2CCSC2)nnc1Cl. The molecule has 1 fully saturated rings. The lowest BCUT2D eigenvalue weighted by Crippen LogP contribution is -2.05. The summed E-state index contributed by atoms with van der Waals surface area (Å²) in [6.07, 6.45) is 2.24. The molecule has 14 heavy (non-hydrogen) atoms. The smallest absolute Gasteiger partial charge is 0.162 e. The van der Waals surface area contributed by atoms with E-state index >= 15 is 0 Å². The van der Waals surface area contributed by atoms with Crippen LogP contribution in [0.2, 0.25) is 10.2 Å². The zero-order valence-electron chi connectivity index (χ0n) is 7.54. The van der Waals surface area contributed by atoms with Crippen molar-refractivity contribution in [2.75, 3.05) is 11.5 Å². The van der Waals surface area contributed by atoms with Crippen LogP contribution in [0.1, 0.15) is 12.1 Å². The first-order valence-corrected chi connectivity index (χ1v) is 6.42. The molecule has 2 heterocycles. The Hall–Kier alpha value is 0.01000. The summed E-state index contributed by atoms with van der Waals surface area (Å²) in [5.74, 6) is 3.22. The third-order valence-electron chi connectivity index (χ3n) is 2.28. The molecule has 1 atom stereocenters. The van der Waals surface area contributed by atoms with Crippen molar-refractivity contribution in [3.8, 4) is 0 Å². The van der Waals surface area contributed by atoms with E-state index in [9.17, 15) is 0 Å². The van der Waals surface area contributed by atoms with Gasteiger partial charge in [0.25, 0.3) is 0 Å². The van der Waals surface area contributed by atoms with Crippen LogP contribution in [0.3, 0.4) is 0 Å². The van der Waals surface area contributed by atoms with E-state index in [1.54, 1.807) is 0 Å². The molecule has 1 unspecified atom stereocenters. The van der Waals surface area contributed by atoms with Crippen molar-refractivity contribution in [3.63, 3.8) is 0 Å². The highest BCUT2D eigenvalue weighted by atomic mass is 35.5. The maximum Gasteiger partial charge on any atom is 0.170 e. The third kappa shape index (κ3) is 2.53. The van der Waals surface area contributed by atoms with E-state index in [1.165, 1.54) is 17.9 Å². The zero-order chi connectivity index (χ0) is 9.97. The summed E-state index contributed by atoms with van der Waals surface area (Å²) < 4.78 is 0. The lowest BCUT2D eigenvalue weighted by molar-refractivity contribution is 0.582. The molecule has 0 N–H and O–H groups in total. The van der Waals surface area contributed by atoms with Crippen molar-refractivity contribution in [2.24, 2.45) is 5.92 Å². The quantitative estimate of drug-likeness (QED) is 0.805. The molecule has 5 heteroatoms. The average Bonchev–Trinajstić information content (AvgIpc) is 2.64. The van der Waals surface area contributed by atoms with Gasteiger partial charge in [0.15, 0.2) is 5.15 Å². The fraction of sp³-hybridized carbons (Fsp3) is 0.556. The number of halogens is 2. The zero-order valence-corrected chi connectivity index (χ0v) is 9.87. The largest absolute Gasteiger partial charge is 0.170 e. The molecule has 0 bridgehead atoms. The fourth-order valence-electron chi connectivity index (χ4n) is 1.53. The molecule has 1 saturated heterocycles. The number of hydrogen-bond donors (Lipinski definition) is 0. The van der Waals surface area contributed by atoms with Gasteiger partial charge in [0.2, 0.25) is 0 Å². The second-order valence-electron chi connectivity index (χ2n) is 3.41. The second kappa shape index (κ2) is 4.69. The van der Waals surface area contributed by atoms with Crippen LogP contribution in [0, 0.1) is 5.92 Å². The Morgan fingerprint density at radius 1 is 1.43 bits per heavy atom. The lowest BCUT2D eigenvalue weighted by Gasteiger charge is -2.06. The van der Waals surface area contributed by atoms with Crippen LogP contribution in [0.5, 0.6) is 0 Å². The number of rotatable bonds is 2. The molecule has 2 rings (SSSR count). The van der Waals surface area contributed by atoms with E-state index < -0.39 is 0 Å². The Kier molecular flexibility index (Phi) is 3.52. The predicted molar refractivity (Wildman–Crippen MR) is 61.2 cm³/mol. The van der Waals surface area contributed by atoms with Gasteiger partial charge in [0.05, 0.1) is 10.7 Å². The first-order chi connectivity index (χ1) is 6.75. The highest BCUT2D eigenvalue weighted by molar-refractivity contribution is 7.99. The van der Waals surface area contributed by atoms with Gasteiger partial charge < -0.3 is 0 Å². The molecule has 0 spiro atoms. The van der Waals surface area contributed by atoms with Crippen LogP contribution in [0.25, 0.3) is 0 Å². The van der Waals surface area contributed by atoms with Gasteiger partial charge >= 0.3 is 0 Å². The molecule has 1 aromatic rings. The van der Waals surface area contributed by atoms with Crippen molar-refractivity contribution < 1.29 is 0 Å². The molecule has 0 aromatic carbocycles. The molecular weight excluding hydrogens is 239 g/mol. The maximum absolute atomic E-state index is 5.86. The van der Waals surface area contributed by atoms with E-state index in [-0.39, 0.29) is 5.15 Å². The minimum Gasteiger partial charge on any atom is -0.162 e. The van der Waals surface area contributed by atoms with Crippen molar-refractivity contribution in [3.05, 3.63) is 21.9 Å². The Morgan fingerprint density at radius 2 is 2.29 bits per heavy atom. The summed E-state index contributed by atoms with van der Waals surface area (Å²) in [6.45, 7) is 0. The summed E-state index contributed by atoms with van der Waals surface area (Å²) in [7, 11) is 0. The standard InChI is InChI=1S/C9H10Cl2N2S/c10-8-4-7(12-13-9(8)11)3-6-1-2-14-5-6/h4,6H,1-3,5H2. The third-order valence-corrected chi connectivity index (χ3v) is 4.17. The highest BCUT2D eigenvalue weighted by Gasteiger charge is 2.17. The van der Waals surface area contributed by atoms with E-state index in [1.807, 2.05) is 17.8 Å². The normalized spacial score (nSPS) is 21.4. The van der Waals surface area contributed by atoms with Gasteiger partial charge in [0.1, 0.15) is 0 Å². The van der Waals surface area contributed by atoms with Gasteiger partial charge in [-0.3, -0.25) is 0 Å². The monoisotopic (exact) mass is 248 g/mol. The average molecular weight is 249 g/mol. The second-order valence-corrected chi connectivity index (χ2v) is 5.32. The molecular formula is C9H10Cl2N2S. The van der Waals surface area contributed by atoms with Crippen molar-refractivity contribution >= 4 is 35.0 Å². The summed E-state index contributed by atoms with van der Waals surface area (Å²) in [6, 6.07) is 1.82. The number of aromatic nitrogens is 2. The summed E-state index contributed by atoms with van der Waals surface area (Å²) in [5, 5.41) is 8.61. The maximum atomic E-state index is 5.86. The van der Waals surface area contributed by atoms with Gasteiger partial charge in [-0.05, 0) is 36.3 Å². The lowest BCUT2D eigenvalue weighted by atomic mass is 10.0. The molecule has 1 aromatic heterocycles. The highest BCUT2D eigenvalue weighted by Crippen LogP contribution is 2.27. The van der Waals surface area contributed by atoms with Crippen LogP contribution in [-0.4, -0.2) is 21.7 Å². The van der Waals surface area contributed by atoms with E-state index in [2.05, 4.69) is 10.2 Å². The summed E-state index contributed by atoms with van der Waals surface area (Å²) in [5.41, 5.74) is 0.951. The molecule has 2 nitrogen and oxygen atoms in total.